The number of piperidine rings is 1. The van der Waals surface area contributed by atoms with Gasteiger partial charge in [0.2, 0.25) is 11.8 Å². The number of amides is 2. The van der Waals surface area contributed by atoms with E-state index in [1.165, 1.54) is 0 Å². The maximum absolute atomic E-state index is 12.5. The lowest BCUT2D eigenvalue weighted by molar-refractivity contribution is -0.141. The van der Waals surface area contributed by atoms with Gasteiger partial charge in [-0.25, -0.2) is 0 Å². The van der Waals surface area contributed by atoms with Gasteiger partial charge in [-0.3, -0.25) is 14.3 Å². The van der Waals surface area contributed by atoms with Crippen LogP contribution in [-0.4, -0.2) is 51.8 Å². The first-order valence-corrected chi connectivity index (χ1v) is 8.28. The number of ether oxygens (including phenoxy) is 1. The van der Waals surface area contributed by atoms with E-state index in [2.05, 4.69) is 10.4 Å². The molecule has 7 nitrogen and oxygen atoms in total. The van der Waals surface area contributed by atoms with Crippen LogP contribution in [0.15, 0.2) is 12.3 Å². The van der Waals surface area contributed by atoms with Crippen molar-refractivity contribution >= 4 is 11.8 Å². The first-order chi connectivity index (χ1) is 11.1. The lowest BCUT2D eigenvalue weighted by Crippen LogP contribution is -2.54. The van der Waals surface area contributed by atoms with Crippen molar-refractivity contribution in [2.24, 2.45) is 7.05 Å². The van der Waals surface area contributed by atoms with E-state index in [0.29, 0.717) is 25.5 Å². The Kier molecular flexibility index (Phi) is 4.66. The van der Waals surface area contributed by atoms with Crippen LogP contribution in [0.3, 0.4) is 0 Å². The third-order valence-electron chi connectivity index (χ3n) is 4.52. The first kappa shape index (κ1) is 16.0. The van der Waals surface area contributed by atoms with Crippen LogP contribution in [0.2, 0.25) is 0 Å². The van der Waals surface area contributed by atoms with E-state index in [-0.39, 0.29) is 30.5 Å². The van der Waals surface area contributed by atoms with E-state index in [1.54, 1.807) is 10.9 Å². The molecule has 0 aromatic carbocycles. The third-order valence-corrected chi connectivity index (χ3v) is 4.52. The summed E-state index contributed by atoms with van der Waals surface area (Å²) in [6.07, 6.45) is 4.94. The maximum atomic E-state index is 12.5. The van der Waals surface area contributed by atoms with E-state index in [9.17, 15) is 9.59 Å². The minimum Gasteiger partial charge on any atom is -0.372 e. The van der Waals surface area contributed by atoms with Gasteiger partial charge in [0, 0.05) is 32.3 Å². The van der Waals surface area contributed by atoms with Crippen molar-refractivity contribution in [2.45, 2.75) is 50.7 Å². The molecule has 1 aliphatic heterocycles. The van der Waals surface area contributed by atoms with Gasteiger partial charge in [-0.15, -0.1) is 0 Å². The van der Waals surface area contributed by atoms with Crippen molar-refractivity contribution in [1.82, 2.24) is 20.0 Å². The Morgan fingerprint density at radius 3 is 2.83 bits per heavy atom. The van der Waals surface area contributed by atoms with E-state index in [1.807, 2.05) is 24.9 Å². The number of carbonyl (C=O) groups is 2. The van der Waals surface area contributed by atoms with Crippen LogP contribution in [0, 0.1) is 0 Å². The van der Waals surface area contributed by atoms with Crippen molar-refractivity contribution in [3.05, 3.63) is 18.0 Å². The molecule has 1 aromatic heterocycles. The SMILES string of the molecule is CCOCC(=O)N[C@@H]1CCC(=O)N(C2CC2)[C@H]1c1ccnn1C. The molecule has 1 aromatic rings. The summed E-state index contributed by atoms with van der Waals surface area (Å²) >= 11 is 0. The summed E-state index contributed by atoms with van der Waals surface area (Å²) in [5, 5.41) is 7.29. The van der Waals surface area contributed by atoms with Gasteiger partial charge in [0.25, 0.3) is 0 Å². The second-order valence-electron chi connectivity index (χ2n) is 6.21. The van der Waals surface area contributed by atoms with Crippen LogP contribution < -0.4 is 5.32 Å². The molecule has 0 bridgehead atoms. The number of hydrogen-bond acceptors (Lipinski definition) is 4. The predicted octanol–water partition coefficient (Wildman–Crippen LogP) is 0.767. The van der Waals surface area contributed by atoms with Gasteiger partial charge in [0.15, 0.2) is 0 Å². The molecule has 2 fully saturated rings. The highest BCUT2D eigenvalue weighted by Gasteiger charge is 2.45. The van der Waals surface area contributed by atoms with Gasteiger partial charge < -0.3 is 15.0 Å². The average molecular weight is 320 g/mol. The minimum atomic E-state index is -0.151. The van der Waals surface area contributed by atoms with Crippen LogP contribution in [0.25, 0.3) is 0 Å². The van der Waals surface area contributed by atoms with Gasteiger partial charge in [0.05, 0.1) is 17.8 Å². The largest absolute Gasteiger partial charge is 0.372 e. The quantitative estimate of drug-likeness (QED) is 0.840. The van der Waals surface area contributed by atoms with Crippen LogP contribution in [0.1, 0.15) is 44.3 Å². The molecule has 3 rings (SSSR count). The number of aromatic nitrogens is 2. The summed E-state index contributed by atoms with van der Waals surface area (Å²) in [7, 11) is 1.87. The van der Waals surface area contributed by atoms with Crippen molar-refractivity contribution in [3.63, 3.8) is 0 Å². The number of likely N-dealkylation sites (tertiary alicyclic amines) is 1. The molecule has 126 valence electrons. The van der Waals surface area contributed by atoms with Gasteiger partial charge in [-0.05, 0) is 32.3 Å². The van der Waals surface area contributed by atoms with Crippen LogP contribution in [0.4, 0.5) is 0 Å². The lowest BCUT2D eigenvalue weighted by Gasteiger charge is -2.41. The van der Waals surface area contributed by atoms with Crippen molar-refractivity contribution in [1.29, 1.82) is 0 Å². The number of carbonyl (C=O) groups excluding carboxylic acids is 2. The molecule has 0 spiro atoms. The second-order valence-corrected chi connectivity index (χ2v) is 6.21. The number of nitrogens with one attached hydrogen (secondary N) is 1. The van der Waals surface area contributed by atoms with E-state index >= 15 is 0 Å². The Morgan fingerprint density at radius 2 is 2.22 bits per heavy atom. The molecule has 1 saturated heterocycles. The summed E-state index contributed by atoms with van der Waals surface area (Å²) in [5.41, 5.74) is 0.964. The highest BCUT2D eigenvalue weighted by molar-refractivity contribution is 5.80. The fourth-order valence-electron chi connectivity index (χ4n) is 3.32. The highest BCUT2D eigenvalue weighted by Crippen LogP contribution is 2.40. The summed E-state index contributed by atoms with van der Waals surface area (Å²) in [6, 6.07) is 1.98. The second kappa shape index (κ2) is 6.70. The molecule has 2 amide bonds. The predicted molar refractivity (Wildman–Crippen MR) is 83.5 cm³/mol. The summed E-state index contributed by atoms with van der Waals surface area (Å²) in [6.45, 7) is 2.43. The van der Waals surface area contributed by atoms with E-state index in [0.717, 1.165) is 18.5 Å². The number of rotatable bonds is 6. The molecule has 0 unspecified atom stereocenters. The van der Waals surface area contributed by atoms with E-state index in [4.69, 9.17) is 4.74 Å². The standard InChI is InChI=1S/C16H24N4O3/c1-3-23-10-14(21)18-12-6-7-15(22)20(11-4-5-11)16(12)13-8-9-17-19(13)2/h8-9,11-12,16H,3-7,10H2,1-2H3,(H,18,21)/t12-,16-/m1/s1. The Morgan fingerprint density at radius 1 is 1.43 bits per heavy atom. The Hall–Kier alpha value is -1.89. The Balaban J connectivity index is 1.83. The molecule has 1 saturated carbocycles. The van der Waals surface area contributed by atoms with E-state index < -0.39 is 0 Å². The van der Waals surface area contributed by atoms with Gasteiger partial charge in [0.1, 0.15) is 6.61 Å². The fourth-order valence-corrected chi connectivity index (χ4v) is 3.32. The number of aryl methyl sites for hydroxylation is 1. The Bertz CT molecular complexity index is 582. The number of hydrogen-bond donors (Lipinski definition) is 1. The van der Waals surface area contributed by atoms with Crippen LogP contribution in [0.5, 0.6) is 0 Å². The molecule has 0 radical (unpaired) electrons. The van der Waals surface area contributed by atoms with Gasteiger partial charge in [-0.1, -0.05) is 0 Å². The third kappa shape index (κ3) is 3.39. The zero-order valence-electron chi connectivity index (χ0n) is 13.7. The maximum Gasteiger partial charge on any atom is 0.246 e. The molecular formula is C16H24N4O3. The van der Waals surface area contributed by atoms with Crippen LogP contribution in [-0.2, 0) is 21.4 Å². The van der Waals surface area contributed by atoms with Gasteiger partial charge >= 0.3 is 0 Å². The molecule has 23 heavy (non-hydrogen) atoms. The van der Waals surface area contributed by atoms with Crippen molar-refractivity contribution < 1.29 is 14.3 Å². The first-order valence-electron chi connectivity index (χ1n) is 8.28. The van der Waals surface area contributed by atoms with Crippen molar-refractivity contribution in [3.8, 4) is 0 Å². The highest BCUT2D eigenvalue weighted by atomic mass is 16.5. The topological polar surface area (TPSA) is 76.5 Å². The molecular weight excluding hydrogens is 296 g/mol. The summed E-state index contributed by atoms with van der Waals surface area (Å²) in [5.74, 6) is 0.0446. The zero-order chi connectivity index (χ0) is 16.4. The fraction of sp³-hybridized carbons (Fsp3) is 0.688. The van der Waals surface area contributed by atoms with Gasteiger partial charge in [-0.2, -0.15) is 5.10 Å². The normalized spacial score (nSPS) is 24.8. The zero-order valence-corrected chi connectivity index (χ0v) is 13.7. The molecule has 2 heterocycles. The Labute approximate surface area is 136 Å². The number of nitrogens with zero attached hydrogens (tertiary/aromatic N) is 3. The smallest absolute Gasteiger partial charge is 0.246 e. The molecule has 2 aliphatic rings. The van der Waals surface area contributed by atoms with Crippen molar-refractivity contribution in [2.75, 3.05) is 13.2 Å². The summed E-state index contributed by atoms with van der Waals surface area (Å²) in [4.78, 5) is 26.5. The average Bonchev–Trinajstić information content (AvgIpc) is 3.28. The molecule has 1 aliphatic carbocycles. The summed E-state index contributed by atoms with van der Waals surface area (Å²) < 4.78 is 6.98. The molecule has 7 heteroatoms. The monoisotopic (exact) mass is 320 g/mol. The molecule has 1 N–H and O–H groups in total. The van der Waals surface area contributed by atoms with Crippen LogP contribution >= 0.6 is 0 Å². The minimum absolute atomic E-state index is 0.0580. The lowest BCUT2D eigenvalue weighted by atomic mass is 9.92. The molecule has 2 atom stereocenters.